The van der Waals surface area contributed by atoms with Crippen molar-refractivity contribution >= 4 is 5.78 Å². The summed E-state index contributed by atoms with van der Waals surface area (Å²) in [5, 5.41) is 19.1. The number of phenols is 1. The number of phenolic OH excluding ortho intramolecular Hbond substituents is 1. The van der Waals surface area contributed by atoms with Crippen LogP contribution in [0.2, 0.25) is 0 Å². The van der Waals surface area contributed by atoms with Crippen molar-refractivity contribution in [3.8, 4) is 28.7 Å². The second kappa shape index (κ2) is 4.95. The lowest BCUT2D eigenvalue weighted by Gasteiger charge is -2.21. The van der Waals surface area contributed by atoms with Gasteiger partial charge in [0.15, 0.2) is 5.78 Å². The van der Waals surface area contributed by atoms with Crippen molar-refractivity contribution in [2.45, 2.75) is 13.3 Å². The van der Waals surface area contributed by atoms with Crippen molar-refractivity contribution in [2.24, 2.45) is 0 Å². The molecule has 2 aromatic rings. The first kappa shape index (κ1) is 13.2. The van der Waals surface area contributed by atoms with Gasteiger partial charge in [-0.2, -0.15) is 5.26 Å². The molecule has 0 bridgehead atoms. The number of carbonyl (C=O) groups is 1. The summed E-state index contributed by atoms with van der Waals surface area (Å²) in [6.45, 7) is 2.22. The predicted octanol–water partition coefficient (Wildman–Crippen LogP) is 3.20. The van der Waals surface area contributed by atoms with Crippen LogP contribution in [0.25, 0.3) is 11.1 Å². The van der Waals surface area contributed by atoms with E-state index in [4.69, 9.17) is 10.00 Å². The standard InChI is InChI=1S/C17H13NO3/c1-10-6-13(12-8-11(9-18)2-3-15(12)19)17-14(7-10)16(20)4-5-21-17/h2-3,6-8,19H,4-5H2,1H3. The van der Waals surface area contributed by atoms with E-state index < -0.39 is 0 Å². The molecule has 0 aromatic heterocycles. The van der Waals surface area contributed by atoms with Gasteiger partial charge in [0.05, 0.1) is 23.8 Å². The zero-order chi connectivity index (χ0) is 15.0. The minimum absolute atomic E-state index is 0.0390. The molecule has 1 aliphatic rings. The number of ketones is 1. The summed E-state index contributed by atoms with van der Waals surface area (Å²) in [6.07, 6.45) is 0.361. The van der Waals surface area contributed by atoms with Crippen molar-refractivity contribution in [3.05, 3.63) is 47.0 Å². The van der Waals surface area contributed by atoms with Crippen molar-refractivity contribution in [1.29, 1.82) is 5.26 Å². The fraction of sp³-hybridized carbons (Fsp3) is 0.176. The smallest absolute Gasteiger partial charge is 0.170 e. The first-order valence-electron chi connectivity index (χ1n) is 6.64. The fourth-order valence-corrected chi connectivity index (χ4v) is 2.54. The van der Waals surface area contributed by atoms with Crippen LogP contribution in [0, 0.1) is 18.3 Å². The normalized spacial score (nSPS) is 13.2. The van der Waals surface area contributed by atoms with Crippen LogP contribution in [0.3, 0.4) is 0 Å². The molecular weight excluding hydrogens is 266 g/mol. The lowest BCUT2D eigenvalue weighted by atomic mass is 9.93. The maximum atomic E-state index is 12.0. The third-order valence-corrected chi connectivity index (χ3v) is 3.53. The molecule has 1 aliphatic heterocycles. The highest BCUT2D eigenvalue weighted by Crippen LogP contribution is 2.41. The number of nitrogens with zero attached hydrogens (tertiary/aromatic N) is 1. The number of hydrogen-bond donors (Lipinski definition) is 1. The number of ether oxygens (including phenoxy) is 1. The highest BCUT2D eigenvalue weighted by atomic mass is 16.5. The Balaban J connectivity index is 2.29. The summed E-state index contributed by atoms with van der Waals surface area (Å²) in [7, 11) is 0. The highest BCUT2D eigenvalue weighted by Gasteiger charge is 2.23. The molecule has 0 amide bonds. The van der Waals surface area contributed by atoms with Gasteiger partial charge in [-0.3, -0.25) is 4.79 Å². The number of nitriles is 1. The summed E-state index contributed by atoms with van der Waals surface area (Å²) < 4.78 is 5.65. The molecule has 0 atom stereocenters. The summed E-state index contributed by atoms with van der Waals surface area (Å²) in [5.74, 6) is 0.586. The summed E-state index contributed by atoms with van der Waals surface area (Å²) in [4.78, 5) is 12.0. The van der Waals surface area contributed by atoms with Gasteiger partial charge in [-0.25, -0.2) is 0 Å². The molecule has 3 rings (SSSR count). The van der Waals surface area contributed by atoms with E-state index in [0.29, 0.717) is 41.0 Å². The monoisotopic (exact) mass is 279 g/mol. The first-order valence-corrected chi connectivity index (χ1v) is 6.64. The number of benzene rings is 2. The molecule has 1 N–H and O–H groups in total. The molecule has 0 aliphatic carbocycles. The van der Waals surface area contributed by atoms with Gasteiger partial charge in [-0.15, -0.1) is 0 Å². The van der Waals surface area contributed by atoms with E-state index in [1.54, 1.807) is 18.2 Å². The lowest BCUT2D eigenvalue weighted by Crippen LogP contribution is -2.16. The van der Waals surface area contributed by atoms with Crippen molar-refractivity contribution in [3.63, 3.8) is 0 Å². The molecule has 0 unspecified atom stereocenters. The molecule has 4 nitrogen and oxygen atoms in total. The van der Waals surface area contributed by atoms with Crippen LogP contribution in [-0.4, -0.2) is 17.5 Å². The molecule has 0 radical (unpaired) electrons. The number of aromatic hydroxyl groups is 1. The number of Topliss-reactive ketones (excluding diaryl/α,β-unsaturated/α-hetero) is 1. The average molecular weight is 279 g/mol. The Bertz CT molecular complexity index is 787. The highest BCUT2D eigenvalue weighted by molar-refractivity contribution is 6.02. The van der Waals surface area contributed by atoms with E-state index in [1.807, 2.05) is 19.1 Å². The van der Waals surface area contributed by atoms with Crippen LogP contribution >= 0.6 is 0 Å². The molecule has 21 heavy (non-hydrogen) atoms. The number of aryl methyl sites for hydroxylation is 1. The van der Waals surface area contributed by atoms with E-state index in [1.165, 1.54) is 6.07 Å². The topological polar surface area (TPSA) is 70.3 Å². The maximum Gasteiger partial charge on any atom is 0.170 e. The van der Waals surface area contributed by atoms with Gasteiger partial charge in [0, 0.05) is 17.5 Å². The molecular formula is C17H13NO3. The maximum absolute atomic E-state index is 12.0. The molecule has 0 saturated carbocycles. The predicted molar refractivity (Wildman–Crippen MR) is 77.4 cm³/mol. The van der Waals surface area contributed by atoms with Gasteiger partial charge >= 0.3 is 0 Å². The van der Waals surface area contributed by atoms with Crippen LogP contribution in [0.1, 0.15) is 27.9 Å². The Labute approximate surface area is 122 Å². The van der Waals surface area contributed by atoms with Crippen molar-refractivity contribution in [2.75, 3.05) is 6.61 Å². The van der Waals surface area contributed by atoms with Crippen LogP contribution in [0.15, 0.2) is 30.3 Å². The SMILES string of the molecule is Cc1cc2c(c(-c3cc(C#N)ccc3O)c1)OCCC2=O. The fourth-order valence-electron chi connectivity index (χ4n) is 2.54. The number of hydrogen-bond acceptors (Lipinski definition) is 4. The minimum atomic E-state index is 0.0390. The number of fused-ring (bicyclic) bond motifs is 1. The van der Waals surface area contributed by atoms with Crippen molar-refractivity contribution < 1.29 is 14.6 Å². The summed E-state index contributed by atoms with van der Waals surface area (Å²) >= 11 is 0. The van der Waals surface area contributed by atoms with Gasteiger partial charge < -0.3 is 9.84 Å². The van der Waals surface area contributed by atoms with Crippen LogP contribution < -0.4 is 4.74 Å². The second-order valence-electron chi connectivity index (χ2n) is 5.05. The molecule has 0 saturated heterocycles. The Morgan fingerprint density at radius 2 is 1.95 bits per heavy atom. The molecule has 1 heterocycles. The largest absolute Gasteiger partial charge is 0.507 e. The minimum Gasteiger partial charge on any atom is -0.507 e. The van der Waals surface area contributed by atoms with Crippen LogP contribution in [-0.2, 0) is 0 Å². The molecule has 104 valence electrons. The Morgan fingerprint density at radius 1 is 1.19 bits per heavy atom. The number of carbonyl (C=O) groups excluding carboxylic acids is 1. The first-order chi connectivity index (χ1) is 10.1. The molecule has 2 aromatic carbocycles. The molecule has 4 heteroatoms. The third-order valence-electron chi connectivity index (χ3n) is 3.53. The van der Waals surface area contributed by atoms with Crippen molar-refractivity contribution in [1.82, 2.24) is 0 Å². The van der Waals surface area contributed by atoms with Gasteiger partial charge in [-0.05, 0) is 42.8 Å². The zero-order valence-electron chi connectivity index (χ0n) is 11.5. The van der Waals surface area contributed by atoms with E-state index >= 15 is 0 Å². The quantitative estimate of drug-likeness (QED) is 0.870. The second-order valence-corrected chi connectivity index (χ2v) is 5.05. The van der Waals surface area contributed by atoms with Gasteiger partial charge in [0.1, 0.15) is 11.5 Å². The van der Waals surface area contributed by atoms with E-state index in [0.717, 1.165) is 5.56 Å². The summed E-state index contributed by atoms with van der Waals surface area (Å²) in [6, 6.07) is 10.3. The molecule has 0 fully saturated rings. The molecule has 0 spiro atoms. The lowest BCUT2D eigenvalue weighted by molar-refractivity contribution is 0.0934. The van der Waals surface area contributed by atoms with E-state index in [2.05, 4.69) is 0 Å². The van der Waals surface area contributed by atoms with Crippen LogP contribution in [0.4, 0.5) is 0 Å². The Hall–Kier alpha value is -2.80. The third kappa shape index (κ3) is 2.23. The van der Waals surface area contributed by atoms with Gasteiger partial charge in [0.2, 0.25) is 0 Å². The van der Waals surface area contributed by atoms with Gasteiger partial charge in [0.25, 0.3) is 0 Å². The number of rotatable bonds is 1. The Morgan fingerprint density at radius 3 is 2.71 bits per heavy atom. The van der Waals surface area contributed by atoms with E-state index in [9.17, 15) is 9.90 Å². The van der Waals surface area contributed by atoms with Crippen LogP contribution in [0.5, 0.6) is 11.5 Å². The zero-order valence-corrected chi connectivity index (χ0v) is 11.5. The summed E-state index contributed by atoms with van der Waals surface area (Å²) in [5.41, 5.74) is 3.04. The van der Waals surface area contributed by atoms with Gasteiger partial charge in [-0.1, -0.05) is 0 Å². The van der Waals surface area contributed by atoms with E-state index in [-0.39, 0.29) is 11.5 Å². The Kier molecular flexibility index (Phi) is 3.11. The average Bonchev–Trinajstić information content (AvgIpc) is 2.48.